The summed E-state index contributed by atoms with van der Waals surface area (Å²) < 4.78 is 16.1. The molecule has 0 aliphatic rings. The van der Waals surface area contributed by atoms with Crippen molar-refractivity contribution in [1.29, 1.82) is 0 Å². The van der Waals surface area contributed by atoms with Gasteiger partial charge in [0.05, 0.1) is 14.6 Å². The first kappa shape index (κ1) is 9.99. The molecule has 0 aliphatic carbocycles. The zero-order valence-corrected chi connectivity index (χ0v) is 8.46. The second kappa shape index (κ2) is 4.23. The Bertz CT molecular complexity index is 389. The summed E-state index contributed by atoms with van der Waals surface area (Å²) in [6.07, 6.45) is 0. The molecule has 0 spiro atoms. The lowest BCUT2D eigenvalue weighted by Crippen LogP contribution is -1.95. The van der Waals surface area contributed by atoms with Crippen molar-refractivity contribution in [3.63, 3.8) is 0 Å². The Labute approximate surface area is 79.5 Å². The van der Waals surface area contributed by atoms with Crippen molar-refractivity contribution in [2.75, 3.05) is 6.54 Å². The van der Waals surface area contributed by atoms with Crippen molar-refractivity contribution in [3.05, 3.63) is 42.3 Å². The number of hydrogen-bond donors (Lipinski definition) is 0. The molecule has 0 aliphatic heterocycles. The summed E-state index contributed by atoms with van der Waals surface area (Å²) in [4.78, 5) is 0.729. The molecule has 0 bridgehead atoms. The Kier molecular flexibility index (Phi) is 3.25. The van der Waals surface area contributed by atoms with Gasteiger partial charge in [-0.1, -0.05) is 24.8 Å². The summed E-state index contributed by atoms with van der Waals surface area (Å²) in [6.45, 7) is 5.97. The van der Waals surface area contributed by atoms with E-state index >= 15 is 0 Å². The first-order chi connectivity index (χ1) is 6.23. The minimum Gasteiger partial charge on any atom is -0.240 e. The summed E-state index contributed by atoms with van der Waals surface area (Å²) in [6, 6.07) is 9.21. The lowest BCUT2D eigenvalue weighted by atomic mass is 10.4. The second-order valence-corrected chi connectivity index (χ2v) is 4.69. The van der Waals surface area contributed by atoms with Gasteiger partial charge in [-0.15, -0.1) is 0 Å². The Morgan fingerprint density at radius 3 is 2.54 bits per heavy atom. The molecule has 1 unspecified atom stereocenters. The molecule has 2 nitrogen and oxygen atoms in total. The quantitative estimate of drug-likeness (QED) is 0.729. The molecule has 1 rings (SSSR count). The summed E-state index contributed by atoms with van der Waals surface area (Å²) in [5, 5.41) is 1.42. The molecule has 1 aromatic rings. The van der Waals surface area contributed by atoms with Gasteiger partial charge in [0, 0.05) is 12.0 Å². The molecule has 0 N–H and O–H groups in total. The Morgan fingerprint density at radius 2 is 2.08 bits per heavy atom. The van der Waals surface area contributed by atoms with Crippen LogP contribution in [0.15, 0.2) is 51.6 Å². The van der Waals surface area contributed by atoms with Gasteiger partial charge < -0.3 is 0 Å². The molecular formula is C10H13NOS. The van der Waals surface area contributed by atoms with Crippen molar-refractivity contribution in [1.82, 2.24) is 0 Å². The first-order valence-corrected chi connectivity index (χ1v) is 5.71. The summed E-state index contributed by atoms with van der Waals surface area (Å²) in [5.74, 6) is 0. The van der Waals surface area contributed by atoms with Crippen LogP contribution in [-0.2, 0) is 9.73 Å². The van der Waals surface area contributed by atoms with E-state index in [4.69, 9.17) is 0 Å². The van der Waals surface area contributed by atoms with Crippen LogP contribution in [0.3, 0.4) is 0 Å². The maximum absolute atomic E-state index is 12.1. The number of nitrogens with zero attached hydrogens (tertiary/aromatic N) is 1. The molecule has 0 aromatic heterocycles. The molecule has 13 heavy (non-hydrogen) atoms. The average Bonchev–Trinajstić information content (AvgIpc) is 2.19. The van der Waals surface area contributed by atoms with Gasteiger partial charge in [-0.3, -0.25) is 0 Å². The van der Waals surface area contributed by atoms with Gasteiger partial charge >= 0.3 is 0 Å². The maximum atomic E-state index is 12.1. The molecular weight excluding hydrogens is 182 g/mol. The molecule has 0 radical (unpaired) electrons. The SMILES string of the molecule is C=CS(=O)(=NCC)c1ccccc1. The fraction of sp³-hybridized carbons (Fsp3) is 0.200. The number of rotatable bonds is 3. The third-order valence-corrected chi connectivity index (χ3v) is 3.67. The minimum absolute atomic E-state index is 0.541. The van der Waals surface area contributed by atoms with E-state index in [2.05, 4.69) is 10.9 Å². The number of benzene rings is 1. The maximum Gasteiger partial charge on any atom is 0.0963 e. The van der Waals surface area contributed by atoms with E-state index in [0.29, 0.717) is 6.54 Å². The molecule has 0 saturated heterocycles. The summed E-state index contributed by atoms with van der Waals surface area (Å²) >= 11 is 0. The second-order valence-electron chi connectivity index (χ2n) is 2.49. The van der Waals surface area contributed by atoms with Gasteiger partial charge in [0.15, 0.2) is 0 Å². The van der Waals surface area contributed by atoms with Crippen LogP contribution in [0.25, 0.3) is 0 Å². The van der Waals surface area contributed by atoms with Crippen LogP contribution >= 0.6 is 0 Å². The van der Waals surface area contributed by atoms with E-state index < -0.39 is 9.73 Å². The van der Waals surface area contributed by atoms with Crippen molar-refractivity contribution >= 4 is 9.73 Å². The van der Waals surface area contributed by atoms with Crippen LogP contribution in [0.1, 0.15) is 6.92 Å². The van der Waals surface area contributed by atoms with Crippen LogP contribution in [0.2, 0.25) is 0 Å². The molecule has 70 valence electrons. The van der Waals surface area contributed by atoms with E-state index in [1.807, 2.05) is 37.3 Å². The topological polar surface area (TPSA) is 29.4 Å². The Balaban J connectivity index is 3.28. The fourth-order valence-electron chi connectivity index (χ4n) is 1.03. The summed E-state index contributed by atoms with van der Waals surface area (Å²) in [5.41, 5.74) is 0. The fourth-order valence-corrected chi connectivity index (χ4v) is 2.41. The van der Waals surface area contributed by atoms with E-state index in [0.717, 1.165) is 4.90 Å². The van der Waals surface area contributed by atoms with Gasteiger partial charge in [0.25, 0.3) is 0 Å². The van der Waals surface area contributed by atoms with E-state index in [9.17, 15) is 4.21 Å². The van der Waals surface area contributed by atoms with Gasteiger partial charge in [0.2, 0.25) is 0 Å². The Hall–Kier alpha value is -1.09. The van der Waals surface area contributed by atoms with Crippen molar-refractivity contribution in [3.8, 4) is 0 Å². The van der Waals surface area contributed by atoms with Gasteiger partial charge in [-0.05, 0) is 19.1 Å². The molecule has 1 aromatic carbocycles. The standard InChI is InChI=1S/C10H13NOS/c1-3-11-13(12,4-2)10-8-6-5-7-9-10/h4-9H,2-3H2,1H3. The van der Waals surface area contributed by atoms with Gasteiger partial charge in [-0.2, -0.15) is 0 Å². The largest absolute Gasteiger partial charge is 0.240 e. The Morgan fingerprint density at radius 1 is 1.46 bits per heavy atom. The third-order valence-electron chi connectivity index (χ3n) is 1.63. The highest BCUT2D eigenvalue weighted by Gasteiger charge is 2.05. The van der Waals surface area contributed by atoms with E-state index in [-0.39, 0.29) is 0 Å². The minimum atomic E-state index is -2.37. The molecule has 1 atom stereocenters. The van der Waals surface area contributed by atoms with Crippen molar-refractivity contribution in [2.24, 2.45) is 4.36 Å². The predicted molar refractivity (Wildman–Crippen MR) is 56.0 cm³/mol. The lowest BCUT2D eigenvalue weighted by molar-refractivity contribution is 0.681. The highest BCUT2D eigenvalue weighted by atomic mass is 32.2. The van der Waals surface area contributed by atoms with E-state index in [1.54, 1.807) is 0 Å². The van der Waals surface area contributed by atoms with Crippen LogP contribution in [0.5, 0.6) is 0 Å². The van der Waals surface area contributed by atoms with Gasteiger partial charge in [0.1, 0.15) is 0 Å². The van der Waals surface area contributed by atoms with Crippen LogP contribution in [0, 0.1) is 0 Å². The zero-order valence-electron chi connectivity index (χ0n) is 7.64. The van der Waals surface area contributed by atoms with Crippen LogP contribution in [0.4, 0.5) is 0 Å². The average molecular weight is 195 g/mol. The lowest BCUT2D eigenvalue weighted by Gasteiger charge is -2.03. The van der Waals surface area contributed by atoms with Crippen LogP contribution in [-0.4, -0.2) is 10.8 Å². The first-order valence-electron chi connectivity index (χ1n) is 4.13. The smallest absolute Gasteiger partial charge is 0.0963 e. The van der Waals surface area contributed by atoms with Crippen molar-refractivity contribution < 1.29 is 4.21 Å². The monoisotopic (exact) mass is 195 g/mol. The highest BCUT2D eigenvalue weighted by molar-refractivity contribution is 7.96. The number of hydrogen-bond acceptors (Lipinski definition) is 2. The molecule has 0 fully saturated rings. The van der Waals surface area contributed by atoms with Gasteiger partial charge in [-0.25, -0.2) is 8.57 Å². The molecule has 0 amide bonds. The van der Waals surface area contributed by atoms with E-state index in [1.165, 1.54) is 5.41 Å². The normalized spacial score (nSPS) is 14.5. The molecule has 0 saturated carbocycles. The molecule has 3 heteroatoms. The van der Waals surface area contributed by atoms with Crippen LogP contribution < -0.4 is 0 Å². The zero-order chi connectivity index (χ0) is 9.73. The highest BCUT2D eigenvalue weighted by Crippen LogP contribution is 2.13. The molecule has 0 heterocycles. The van der Waals surface area contributed by atoms with Crippen molar-refractivity contribution in [2.45, 2.75) is 11.8 Å². The predicted octanol–water partition coefficient (Wildman–Crippen LogP) is 2.68. The summed E-state index contributed by atoms with van der Waals surface area (Å²) in [7, 11) is -2.37. The third kappa shape index (κ3) is 2.18.